The van der Waals surface area contributed by atoms with Crippen molar-refractivity contribution in [3.63, 3.8) is 0 Å². The van der Waals surface area contributed by atoms with Crippen molar-refractivity contribution >= 4 is 29.3 Å². The molecule has 72 valence electrons. The van der Waals surface area contributed by atoms with Crippen molar-refractivity contribution in [2.75, 3.05) is 11.1 Å². The van der Waals surface area contributed by atoms with Gasteiger partial charge in [-0.05, 0) is 29.4 Å². The van der Waals surface area contributed by atoms with Crippen LogP contribution in [0.3, 0.4) is 0 Å². The summed E-state index contributed by atoms with van der Waals surface area (Å²) in [5, 5.41) is 7.15. The fourth-order valence-corrected chi connectivity index (χ4v) is 1.07. The molecular formula is C8H7ClN4O. The molecule has 0 spiro atoms. The van der Waals surface area contributed by atoms with E-state index in [1.165, 1.54) is 0 Å². The zero-order chi connectivity index (χ0) is 9.97. The highest BCUT2D eigenvalue weighted by atomic mass is 35.5. The first-order chi connectivity index (χ1) is 6.74. The molecule has 1 heterocycles. The molecule has 0 saturated carbocycles. The molecule has 0 radical (unpaired) electrons. The zero-order valence-electron chi connectivity index (χ0n) is 7.07. The average molecular weight is 211 g/mol. The third-order valence-corrected chi connectivity index (χ3v) is 1.79. The van der Waals surface area contributed by atoms with Gasteiger partial charge < -0.3 is 15.6 Å². The lowest BCUT2D eigenvalue weighted by atomic mass is 10.3. The van der Waals surface area contributed by atoms with Crippen molar-refractivity contribution < 1.29 is 4.52 Å². The highest BCUT2D eigenvalue weighted by Gasteiger charge is 2.01. The van der Waals surface area contributed by atoms with Gasteiger partial charge in [-0.15, -0.1) is 0 Å². The molecule has 0 aliphatic heterocycles. The number of hydrogen-bond donors (Lipinski definition) is 2. The van der Waals surface area contributed by atoms with Gasteiger partial charge in [-0.2, -0.15) is 4.98 Å². The first kappa shape index (κ1) is 8.83. The second-order valence-electron chi connectivity index (χ2n) is 2.59. The number of benzene rings is 1. The molecule has 0 fully saturated rings. The summed E-state index contributed by atoms with van der Waals surface area (Å²) in [4.78, 5) is 3.78. The van der Waals surface area contributed by atoms with Gasteiger partial charge in [0.15, 0.2) is 0 Å². The number of rotatable bonds is 2. The first-order valence-electron chi connectivity index (χ1n) is 3.86. The van der Waals surface area contributed by atoms with Crippen LogP contribution in [0.2, 0.25) is 5.02 Å². The minimum Gasteiger partial charge on any atom is -0.351 e. The molecule has 1 aromatic carbocycles. The molecule has 14 heavy (non-hydrogen) atoms. The summed E-state index contributed by atoms with van der Waals surface area (Å²) in [6.45, 7) is 0. The monoisotopic (exact) mass is 210 g/mol. The second kappa shape index (κ2) is 3.55. The summed E-state index contributed by atoms with van der Waals surface area (Å²) in [5.41, 5.74) is 6.07. The Labute approximate surface area is 84.9 Å². The van der Waals surface area contributed by atoms with Gasteiger partial charge >= 0.3 is 6.01 Å². The van der Waals surface area contributed by atoms with Crippen LogP contribution in [0.5, 0.6) is 0 Å². The van der Waals surface area contributed by atoms with Crippen LogP contribution in [0.25, 0.3) is 0 Å². The maximum absolute atomic E-state index is 5.72. The van der Waals surface area contributed by atoms with Gasteiger partial charge in [-0.25, -0.2) is 0 Å². The Bertz CT molecular complexity index is 425. The van der Waals surface area contributed by atoms with Crippen molar-refractivity contribution in [3.05, 3.63) is 29.3 Å². The van der Waals surface area contributed by atoms with E-state index < -0.39 is 0 Å². The molecule has 5 nitrogen and oxygen atoms in total. The van der Waals surface area contributed by atoms with E-state index in [4.69, 9.17) is 17.3 Å². The number of halogens is 1. The van der Waals surface area contributed by atoms with E-state index in [0.29, 0.717) is 11.0 Å². The maximum atomic E-state index is 5.72. The molecule has 0 unspecified atom stereocenters. The molecule has 2 rings (SSSR count). The lowest BCUT2D eigenvalue weighted by Gasteiger charge is -1.99. The molecule has 0 bridgehead atoms. The van der Waals surface area contributed by atoms with Gasteiger partial charge in [0.2, 0.25) is 0 Å². The van der Waals surface area contributed by atoms with E-state index in [1.54, 1.807) is 24.3 Å². The van der Waals surface area contributed by atoms with Crippen LogP contribution in [-0.2, 0) is 0 Å². The number of hydrogen-bond acceptors (Lipinski definition) is 5. The van der Waals surface area contributed by atoms with E-state index in [-0.39, 0.29) is 6.01 Å². The van der Waals surface area contributed by atoms with E-state index >= 15 is 0 Å². The van der Waals surface area contributed by atoms with Crippen molar-refractivity contribution in [2.24, 2.45) is 0 Å². The predicted octanol–water partition coefficient (Wildman–Crippen LogP) is 2.05. The van der Waals surface area contributed by atoms with Crippen LogP contribution in [-0.4, -0.2) is 10.1 Å². The third-order valence-electron chi connectivity index (χ3n) is 1.54. The molecule has 2 aromatic rings. The number of nitrogens with two attached hydrogens (primary N) is 1. The van der Waals surface area contributed by atoms with Crippen LogP contribution in [0.15, 0.2) is 28.8 Å². The van der Waals surface area contributed by atoms with Crippen molar-refractivity contribution in [3.8, 4) is 0 Å². The fourth-order valence-electron chi connectivity index (χ4n) is 0.948. The molecule has 0 aliphatic rings. The van der Waals surface area contributed by atoms with Crippen molar-refractivity contribution in [1.29, 1.82) is 0 Å². The van der Waals surface area contributed by atoms with Crippen LogP contribution in [0.1, 0.15) is 0 Å². The Kier molecular flexibility index (Phi) is 2.24. The quantitative estimate of drug-likeness (QED) is 0.793. The van der Waals surface area contributed by atoms with Crippen LogP contribution < -0.4 is 11.1 Å². The van der Waals surface area contributed by atoms with Gasteiger partial charge in [0.1, 0.15) is 0 Å². The van der Waals surface area contributed by atoms with Crippen LogP contribution >= 0.6 is 11.6 Å². The molecule has 0 saturated heterocycles. The molecule has 0 atom stereocenters. The van der Waals surface area contributed by atoms with E-state index in [9.17, 15) is 0 Å². The van der Waals surface area contributed by atoms with E-state index in [2.05, 4.69) is 20.0 Å². The van der Waals surface area contributed by atoms with Gasteiger partial charge in [-0.1, -0.05) is 11.6 Å². The Morgan fingerprint density at radius 2 is 2.00 bits per heavy atom. The van der Waals surface area contributed by atoms with Gasteiger partial charge in [0.05, 0.1) is 0 Å². The number of anilines is 3. The second-order valence-corrected chi connectivity index (χ2v) is 3.02. The lowest BCUT2D eigenvalue weighted by molar-refractivity contribution is 0.437. The summed E-state index contributed by atoms with van der Waals surface area (Å²) in [7, 11) is 0. The smallest absolute Gasteiger partial charge is 0.320 e. The summed E-state index contributed by atoms with van der Waals surface area (Å²) in [5.74, 6) is 0.324. The highest BCUT2D eigenvalue weighted by molar-refractivity contribution is 6.30. The van der Waals surface area contributed by atoms with Crippen molar-refractivity contribution in [1.82, 2.24) is 10.1 Å². The molecule has 0 aliphatic carbocycles. The highest BCUT2D eigenvalue weighted by Crippen LogP contribution is 2.16. The topological polar surface area (TPSA) is 77.0 Å². The number of aromatic nitrogens is 2. The van der Waals surface area contributed by atoms with Crippen molar-refractivity contribution in [2.45, 2.75) is 0 Å². The number of nitrogens with zero attached hydrogens (tertiary/aromatic N) is 2. The minimum atomic E-state index is 0.0291. The van der Waals surface area contributed by atoms with Gasteiger partial charge in [0, 0.05) is 10.7 Å². The Balaban J connectivity index is 2.15. The molecule has 0 amide bonds. The fraction of sp³-hybridized carbons (Fsp3) is 0. The molecule has 1 aromatic heterocycles. The Morgan fingerprint density at radius 1 is 1.29 bits per heavy atom. The summed E-state index contributed by atoms with van der Waals surface area (Å²) in [6, 6.07) is 7.14. The Morgan fingerprint density at radius 3 is 2.57 bits per heavy atom. The molecule has 3 N–H and O–H groups in total. The van der Waals surface area contributed by atoms with Crippen LogP contribution in [0.4, 0.5) is 17.7 Å². The van der Waals surface area contributed by atoms with Gasteiger partial charge in [0.25, 0.3) is 5.95 Å². The summed E-state index contributed by atoms with van der Waals surface area (Å²) >= 11 is 5.72. The summed E-state index contributed by atoms with van der Waals surface area (Å²) < 4.78 is 4.59. The first-order valence-corrected chi connectivity index (χ1v) is 4.23. The average Bonchev–Trinajstić information content (AvgIpc) is 2.56. The summed E-state index contributed by atoms with van der Waals surface area (Å²) in [6.07, 6.45) is 0. The van der Waals surface area contributed by atoms with E-state index in [1.807, 2.05) is 0 Å². The molecular weight excluding hydrogens is 204 g/mol. The Hall–Kier alpha value is -1.75. The maximum Gasteiger partial charge on any atom is 0.320 e. The lowest BCUT2D eigenvalue weighted by Crippen LogP contribution is -1.92. The zero-order valence-corrected chi connectivity index (χ0v) is 7.82. The molecule has 6 heteroatoms. The standard InChI is InChI=1S/C8H7ClN4O/c9-5-1-3-6(4-2-5)11-8-12-7(10)14-13-8/h1-4H,(H3,10,11,12,13). The van der Waals surface area contributed by atoms with Gasteiger partial charge in [-0.3, -0.25) is 0 Å². The predicted molar refractivity (Wildman–Crippen MR) is 53.4 cm³/mol. The number of nitrogens with one attached hydrogen (secondary N) is 1. The SMILES string of the molecule is Nc1nc(Nc2ccc(Cl)cc2)no1. The third kappa shape index (κ3) is 1.94. The van der Waals surface area contributed by atoms with Crippen LogP contribution in [0, 0.1) is 0 Å². The minimum absolute atomic E-state index is 0.0291. The largest absolute Gasteiger partial charge is 0.351 e. The number of nitrogen functional groups attached to an aromatic ring is 1. The normalized spacial score (nSPS) is 10.1. The van der Waals surface area contributed by atoms with E-state index in [0.717, 1.165) is 5.69 Å².